The second-order valence-corrected chi connectivity index (χ2v) is 7.39. The van der Waals surface area contributed by atoms with Gasteiger partial charge in [0.1, 0.15) is 23.0 Å². The Morgan fingerprint density at radius 1 is 1.33 bits per heavy atom. The van der Waals surface area contributed by atoms with E-state index in [4.69, 9.17) is 21.1 Å². The van der Waals surface area contributed by atoms with Crippen molar-refractivity contribution in [2.45, 2.75) is 25.3 Å². The van der Waals surface area contributed by atoms with Gasteiger partial charge in [-0.3, -0.25) is 4.72 Å². The summed E-state index contributed by atoms with van der Waals surface area (Å²) in [4.78, 5) is -0.0184. The lowest BCUT2D eigenvalue weighted by Gasteiger charge is -2.10. The molecule has 0 bridgehead atoms. The molecule has 2 aromatic rings. The highest BCUT2D eigenvalue weighted by molar-refractivity contribution is 9.10. The molecule has 0 saturated heterocycles. The van der Waals surface area contributed by atoms with Crippen LogP contribution in [0, 0.1) is 13.8 Å². The number of benzene rings is 1. The van der Waals surface area contributed by atoms with E-state index in [1.165, 1.54) is 19.1 Å². The third-order valence-corrected chi connectivity index (χ3v) is 5.40. The number of rotatable bonds is 4. The average Bonchev–Trinajstić information content (AvgIpc) is 2.78. The fourth-order valence-corrected chi connectivity index (χ4v) is 3.92. The van der Waals surface area contributed by atoms with Crippen molar-refractivity contribution in [2.24, 2.45) is 0 Å². The van der Waals surface area contributed by atoms with Gasteiger partial charge in [-0.05, 0) is 47.5 Å². The highest BCUT2D eigenvalue weighted by atomic mass is 79.9. The van der Waals surface area contributed by atoms with Crippen LogP contribution >= 0.6 is 27.5 Å². The van der Waals surface area contributed by atoms with Crippen LogP contribution in [-0.2, 0) is 16.6 Å². The molecular weight excluding hydrogens is 382 g/mol. The first-order valence-electron chi connectivity index (χ1n) is 5.93. The number of aryl methyl sites for hydroxylation is 2. The highest BCUT2D eigenvalue weighted by Crippen LogP contribution is 2.31. The molecule has 2 rings (SSSR count). The summed E-state index contributed by atoms with van der Waals surface area (Å²) in [6.45, 7) is 2.97. The molecule has 0 aliphatic carbocycles. The van der Waals surface area contributed by atoms with Crippen molar-refractivity contribution in [1.29, 1.82) is 0 Å². The number of hydrogen-bond donors (Lipinski definition) is 2. The number of furan rings is 1. The van der Waals surface area contributed by atoms with Gasteiger partial charge < -0.3 is 9.52 Å². The molecule has 0 unspecified atom stereocenters. The van der Waals surface area contributed by atoms with E-state index in [2.05, 4.69) is 20.7 Å². The molecule has 0 aliphatic heterocycles. The number of nitrogens with one attached hydrogen (secondary N) is 1. The molecular formula is C13H13BrClNO4S. The Hall–Kier alpha value is -1.02. The van der Waals surface area contributed by atoms with E-state index >= 15 is 0 Å². The van der Waals surface area contributed by atoms with Crippen LogP contribution in [-0.4, -0.2) is 13.5 Å². The van der Waals surface area contributed by atoms with Gasteiger partial charge in [-0.2, -0.15) is 0 Å². The molecule has 0 atom stereocenters. The van der Waals surface area contributed by atoms with E-state index in [9.17, 15) is 8.42 Å². The smallest absolute Gasteiger partial charge is 0.265 e. The molecule has 0 spiro atoms. The predicted molar refractivity (Wildman–Crippen MR) is 84.1 cm³/mol. The van der Waals surface area contributed by atoms with Gasteiger partial charge in [0.05, 0.1) is 5.69 Å². The quantitative estimate of drug-likeness (QED) is 0.830. The molecule has 0 saturated carbocycles. The van der Waals surface area contributed by atoms with Crippen molar-refractivity contribution < 1.29 is 17.9 Å². The maximum Gasteiger partial charge on any atom is 0.265 e. The number of aliphatic hydroxyl groups excluding tert-OH is 1. The van der Waals surface area contributed by atoms with Crippen LogP contribution in [0.4, 0.5) is 5.69 Å². The lowest BCUT2D eigenvalue weighted by molar-refractivity contribution is 0.245. The van der Waals surface area contributed by atoms with Gasteiger partial charge >= 0.3 is 0 Å². The zero-order chi connectivity index (χ0) is 15.8. The Bertz CT molecular complexity index is 786. The summed E-state index contributed by atoms with van der Waals surface area (Å²) in [5, 5.41) is 9.46. The second kappa shape index (κ2) is 6.00. The second-order valence-electron chi connectivity index (χ2n) is 4.48. The van der Waals surface area contributed by atoms with Crippen molar-refractivity contribution in [2.75, 3.05) is 4.72 Å². The fourth-order valence-electron chi connectivity index (χ4n) is 1.79. The van der Waals surface area contributed by atoms with Gasteiger partial charge in [-0.1, -0.05) is 11.6 Å². The maximum absolute atomic E-state index is 12.4. The molecule has 0 fully saturated rings. The molecule has 0 radical (unpaired) electrons. The third kappa shape index (κ3) is 3.42. The Morgan fingerprint density at radius 3 is 2.57 bits per heavy atom. The van der Waals surface area contributed by atoms with E-state index in [0.29, 0.717) is 15.2 Å². The summed E-state index contributed by atoms with van der Waals surface area (Å²) < 4.78 is 32.9. The van der Waals surface area contributed by atoms with Crippen LogP contribution in [0.3, 0.4) is 0 Å². The number of anilines is 1. The number of aliphatic hydroxyl groups is 1. The lowest BCUT2D eigenvalue weighted by Crippen LogP contribution is -2.13. The summed E-state index contributed by atoms with van der Waals surface area (Å²) in [7, 11) is -3.83. The molecule has 2 N–H and O–H groups in total. The first kappa shape index (κ1) is 16.4. The summed E-state index contributed by atoms with van der Waals surface area (Å²) >= 11 is 9.31. The van der Waals surface area contributed by atoms with Crippen molar-refractivity contribution in [3.63, 3.8) is 0 Å². The minimum atomic E-state index is -3.83. The van der Waals surface area contributed by atoms with E-state index in [-0.39, 0.29) is 23.0 Å². The van der Waals surface area contributed by atoms with E-state index in [0.717, 1.165) is 5.56 Å². The topological polar surface area (TPSA) is 79.5 Å². The number of sulfonamides is 1. The molecule has 8 heteroatoms. The minimum Gasteiger partial charge on any atom is -0.462 e. The number of halogens is 2. The first-order valence-corrected chi connectivity index (χ1v) is 8.58. The Kier molecular flexibility index (Phi) is 4.67. The summed E-state index contributed by atoms with van der Waals surface area (Å²) in [5.74, 6) is 0.398. The van der Waals surface area contributed by atoms with Crippen LogP contribution in [0.2, 0.25) is 5.02 Å². The fraction of sp³-hybridized carbons (Fsp3) is 0.231. The molecule has 114 valence electrons. The lowest BCUT2D eigenvalue weighted by atomic mass is 10.2. The zero-order valence-corrected chi connectivity index (χ0v) is 14.4. The van der Waals surface area contributed by atoms with Crippen molar-refractivity contribution >= 4 is 43.2 Å². The Balaban J connectivity index is 2.42. The number of hydrogen-bond acceptors (Lipinski definition) is 4. The molecule has 0 amide bonds. The van der Waals surface area contributed by atoms with Gasteiger partial charge in [-0.15, -0.1) is 0 Å². The van der Waals surface area contributed by atoms with Crippen molar-refractivity contribution in [3.05, 3.63) is 44.8 Å². The van der Waals surface area contributed by atoms with E-state index in [1.54, 1.807) is 6.07 Å². The SMILES string of the molecule is Cc1cc(Br)c(NS(=O)(=O)c2cc(CO)oc2C)cc1Cl. The van der Waals surface area contributed by atoms with Gasteiger partial charge in [0.15, 0.2) is 0 Å². The molecule has 1 aromatic carbocycles. The molecule has 5 nitrogen and oxygen atoms in total. The minimum absolute atomic E-state index is 0.0184. The standard InChI is InChI=1S/C13H13BrClNO4S/c1-7-3-10(14)12(5-11(7)15)16-21(18,19)13-4-9(6-17)20-8(13)2/h3-5,16-17H,6H2,1-2H3. The van der Waals surface area contributed by atoms with Crippen LogP contribution < -0.4 is 4.72 Å². The summed E-state index contributed by atoms with van der Waals surface area (Å²) in [6.07, 6.45) is 0. The van der Waals surface area contributed by atoms with Crippen LogP contribution in [0.1, 0.15) is 17.1 Å². The zero-order valence-electron chi connectivity index (χ0n) is 11.3. The molecule has 1 heterocycles. The Morgan fingerprint density at radius 2 is 2.00 bits per heavy atom. The van der Waals surface area contributed by atoms with Crippen LogP contribution in [0.15, 0.2) is 32.0 Å². The van der Waals surface area contributed by atoms with Crippen molar-refractivity contribution in [1.82, 2.24) is 0 Å². The summed E-state index contributed by atoms with van der Waals surface area (Å²) in [6, 6.07) is 4.55. The molecule has 21 heavy (non-hydrogen) atoms. The van der Waals surface area contributed by atoms with Gasteiger partial charge in [-0.25, -0.2) is 8.42 Å². The molecule has 0 aliphatic rings. The third-order valence-electron chi connectivity index (χ3n) is 2.86. The normalized spacial score (nSPS) is 11.7. The van der Waals surface area contributed by atoms with Crippen LogP contribution in [0.5, 0.6) is 0 Å². The van der Waals surface area contributed by atoms with Crippen molar-refractivity contribution in [3.8, 4) is 0 Å². The molecule has 1 aromatic heterocycles. The van der Waals surface area contributed by atoms with Gasteiger partial charge in [0.25, 0.3) is 10.0 Å². The monoisotopic (exact) mass is 393 g/mol. The Labute approximate surface area is 136 Å². The highest BCUT2D eigenvalue weighted by Gasteiger charge is 2.22. The van der Waals surface area contributed by atoms with E-state index in [1.807, 2.05) is 6.92 Å². The predicted octanol–water partition coefficient (Wildman–Crippen LogP) is 3.61. The largest absolute Gasteiger partial charge is 0.462 e. The maximum atomic E-state index is 12.4. The van der Waals surface area contributed by atoms with Gasteiger partial charge in [0, 0.05) is 15.6 Å². The van der Waals surface area contributed by atoms with Gasteiger partial charge in [0.2, 0.25) is 0 Å². The van der Waals surface area contributed by atoms with E-state index < -0.39 is 10.0 Å². The van der Waals surface area contributed by atoms with Crippen LogP contribution in [0.25, 0.3) is 0 Å². The summed E-state index contributed by atoms with van der Waals surface area (Å²) in [5.41, 5.74) is 1.16. The average molecular weight is 395 g/mol. The first-order chi connectivity index (χ1) is 9.74.